The molecule has 1 aromatic carbocycles. The molecule has 5 heteroatoms. The van der Waals surface area contributed by atoms with E-state index in [9.17, 15) is 9.59 Å². The van der Waals surface area contributed by atoms with E-state index < -0.39 is 0 Å². The summed E-state index contributed by atoms with van der Waals surface area (Å²) in [6.07, 6.45) is 4.66. The van der Waals surface area contributed by atoms with Crippen molar-refractivity contribution in [3.8, 4) is 0 Å². The number of carbonyl (C=O) groups excluding carboxylic acids is 2. The van der Waals surface area contributed by atoms with Crippen molar-refractivity contribution < 1.29 is 14.3 Å². The number of carbonyl (C=O) groups is 2. The second-order valence-electron chi connectivity index (χ2n) is 9.21. The molecule has 0 saturated carbocycles. The van der Waals surface area contributed by atoms with Gasteiger partial charge in [-0.05, 0) is 64.0 Å². The van der Waals surface area contributed by atoms with Crippen LogP contribution in [0.4, 0.5) is 0 Å². The van der Waals surface area contributed by atoms with E-state index in [-0.39, 0.29) is 23.5 Å². The predicted octanol–water partition coefficient (Wildman–Crippen LogP) is 3.34. The minimum Gasteiger partial charge on any atom is -0.376 e. The number of ether oxygens (including phenoxy) is 1. The minimum absolute atomic E-state index is 0.0754. The fourth-order valence-electron chi connectivity index (χ4n) is 5.30. The van der Waals surface area contributed by atoms with Gasteiger partial charge in [0.25, 0.3) is 5.91 Å². The summed E-state index contributed by atoms with van der Waals surface area (Å²) >= 11 is 0. The molecule has 3 heterocycles. The summed E-state index contributed by atoms with van der Waals surface area (Å²) in [4.78, 5) is 30.3. The molecule has 3 fully saturated rings. The highest BCUT2D eigenvalue weighted by Gasteiger charge is 2.42. The largest absolute Gasteiger partial charge is 0.376 e. The molecule has 0 aromatic heterocycles. The maximum absolute atomic E-state index is 13.3. The molecule has 152 valence electrons. The molecule has 0 N–H and O–H groups in total. The van der Waals surface area contributed by atoms with Gasteiger partial charge in [0, 0.05) is 43.8 Å². The van der Waals surface area contributed by atoms with Crippen LogP contribution in [0.3, 0.4) is 0 Å². The van der Waals surface area contributed by atoms with E-state index in [1.54, 1.807) is 0 Å². The van der Waals surface area contributed by atoms with Gasteiger partial charge in [0.2, 0.25) is 5.91 Å². The zero-order valence-electron chi connectivity index (χ0n) is 17.1. The molecular formula is C23H32N2O3. The highest BCUT2D eigenvalue weighted by molar-refractivity contribution is 5.94. The second kappa shape index (κ2) is 7.86. The Morgan fingerprint density at radius 2 is 1.86 bits per heavy atom. The zero-order valence-corrected chi connectivity index (χ0v) is 17.1. The van der Waals surface area contributed by atoms with E-state index >= 15 is 0 Å². The third-order valence-electron chi connectivity index (χ3n) is 6.71. The van der Waals surface area contributed by atoms with Crippen molar-refractivity contribution in [3.05, 3.63) is 35.9 Å². The highest BCUT2D eigenvalue weighted by Crippen LogP contribution is 2.35. The van der Waals surface area contributed by atoms with Crippen molar-refractivity contribution in [3.63, 3.8) is 0 Å². The predicted molar refractivity (Wildman–Crippen MR) is 108 cm³/mol. The maximum atomic E-state index is 13.3. The molecule has 4 rings (SSSR count). The molecule has 0 aliphatic carbocycles. The Morgan fingerprint density at radius 3 is 2.61 bits per heavy atom. The van der Waals surface area contributed by atoms with Crippen LogP contribution in [0, 0.1) is 11.8 Å². The maximum Gasteiger partial charge on any atom is 0.253 e. The molecule has 3 aliphatic rings. The third kappa shape index (κ3) is 3.95. The van der Waals surface area contributed by atoms with E-state index in [4.69, 9.17) is 4.74 Å². The number of rotatable bonds is 2. The lowest BCUT2D eigenvalue weighted by molar-refractivity contribution is -0.151. The first-order valence-corrected chi connectivity index (χ1v) is 10.7. The Balaban J connectivity index is 1.42. The van der Waals surface area contributed by atoms with E-state index in [2.05, 4.69) is 18.7 Å². The average Bonchev–Trinajstić information content (AvgIpc) is 2.71. The molecule has 5 nitrogen and oxygen atoms in total. The van der Waals surface area contributed by atoms with Gasteiger partial charge in [-0.1, -0.05) is 18.2 Å². The van der Waals surface area contributed by atoms with Crippen molar-refractivity contribution in [2.75, 3.05) is 26.2 Å². The molecule has 1 unspecified atom stereocenters. The van der Waals surface area contributed by atoms with Gasteiger partial charge in [-0.15, -0.1) is 0 Å². The van der Waals surface area contributed by atoms with E-state index in [1.807, 2.05) is 35.2 Å². The fraction of sp³-hybridized carbons (Fsp3) is 0.652. The van der Waals surface area contributed by atoms with Gasteiger partial charge in [0.1, 0.15) is 0 Å². The highest BCUT2D eigenvalue weighted by atomic mass is 16.5. The van der Waals surface area contributed by atoms with Crippen LogP contribution in [0.2, 0.25) is 0 Å². The first kappa shape index (κ1) is 19.4. The van der Waals surface area contributed by atoms with E-state index in [0.29, 0.717) is 18.4 Å². The Kier molecular flexibility index (Phi) is 5.46. The van der Waals surface area contributed by atoms with Crippen LogP contribution >= 0.6 is 0 Å². The molecule has 28 heavy (non-hydrogen) atoms. The van der Waals surface area contributed by atoms with Gasteiger partial charge in [0.05, 0.1) is 5.60 Å². The molecule has 3 atom stereocenters. The SMILES string of the molecule is CC1(C)CC(C(=O)N2CCC[C@@H]3CN(C(=O)c4ccccc4)CC[C@@H]32)CCO1. The van der Waals surface area contributed by atoms with Crippen molar-refractivity contribution in [1.29, 1.82) is 0 Å². The van der Waals surface area contributed by atoms with Gasteiger partial charge < -0.3 is 14.5 Å². The molecule has 3 saturated heterocycles. The van der Waals surface area contributed by atoms with Gasteiger partial charge in [-0.3, -0.25) is 9.59 Å². The van der Waals surface area contributed by atoms with Gasteiger partial charge in [0.15, 0.2) is 0 Å². The number of piperidine rings is 2. The minimum atomic E-state index is -0.209. The van der Waals surface area contributed by atoms with Crippen molar-refractivity contribution in [1.82, 2.24) is 9.80 Å². The van der Waals surface area contributed by atoms with Gasteiger partial charge >= 0.3 is 0 Å². The summed E-state index contributed by atoms with van der Waals surface area (Å²) < 4.78 is 5.81. The monoisotopic (exact) mass is 384 g/mol. The Bertz CT molecular complexity index is 718. The van der Waals surface area contributed by atoms with Gasteiger partial charge in [-0.2, -0.15) is 0 Å². The Morgan fingerprint density at radius 1 is 1.07 bits per heavy atom. The fourth-order valence-corrected chi connectivity index (χ4v) is 5.30. The molecule has 0 radical (unpaired) electrons. The molecule has 3 aliphatic heterocycles. The topological polar surface area (TPSA) is 49.9 Å². The summed E-state index contributed by atoms with van der Waals surface area (Å²) in [5.74, 6) is 0.904. The van der Waals surface area contributed by atoms with Crippen LogP contribution in [0.1, 0.15) is 56.3 Å². The number of likely N-dealkylation sites (tertiary alicyclic amines) is 2. The summed E-state index contributed by atoms with van der Waals surface area (Å²) in [5, 5.41) is 0. The zero-order chi connectivity index (χ0) is 19.7. The number of hydrogen-bond donors (Lipinski definition) is 0. The summed E-state index contributed by atoms with van der Waals surface area (Å²) in [6.45, 7) is 7.20. The molecule has 0 bridgehead atoms. The molecule has 1 aromatic rings. The number of nitrogens with zero attached hydrogens (tertiary/aromatic N) is 2. The third-order valence-corrected chi connectivity index (χ3v) is 6.71. The average molecular weight is 385 g/mol. The normalized spacial score (nSPS) is 29.9. The van der Waals surface area contributed by atoms with Crippen LogP contribution in [-0.2, 0) is 9.53 Å². The lowest BCUT2D eigenvalue weighted by Crippen LogP contribution is -2.58. The standard InChI is InChI=1S/C23H32N2O3/c1-23(2)15-18(11-14-28-23)22(27)25-12-6-9-19-16-24(13-10-20(19)25)21(26)17-7-4-3-5-8-17/h3-5,7-8,18-20H,6,9-16H2,1-2H3/t18?,19-,20+/m1/s1. The Labute approximate surface area is 168 Å². The van der Waals surface area contributed by atoms with Crippen LogP contribution in [0.25, 0.3) is 0 Å². The van der Waals surface area contributed by atoms with Crippen LogP contribution in [-0.4, -0.2) is 59.5 Å². The van der Waals surface area contributed by atoms with Crippen LogP contribution in [0.15, 0.2) is 30.3 Å². The number of fused-ring (bicyclic) bond motifs is 1. The molecule has 2 amide bonds. The van der Waals surface area contributed by atoms with Crippen LogP contribution in [0.5, 0.6) is 0 Å². The van der Waals surface area contributed by atoms with Crippen molar-refractivity contribution in [2.24, 2.45) is 11.8 Å². The molecule has 0 spiro atoms. The number of hydrogen-bond acceptors (Lipinski definition) is 3. The first-order valence-electron chi connectivity index (χ1n) is 10.7. The summed E-state index contributed by atoms with van der Waals surface area (Å²) in [5.41, 5.74) is 0.549. The number of benzene rings is 1. The Hall–Kier alpha value is -1.88. The van der Waals surface area contributed by atoms with Crippen molar-refractivity contribution >= 4 is 11.8 Å². The first-order chi connectivity index (χ1) is 13.4. The quantitative estimate of drug-likeness (QED) is 0.786. The summed E-state index contributed by atoms with van der Waals surface area (Å²) in [6, 6.07) is 9.82. The van der Waals surface area contributed by atoms with Crippen molar-refractivity contribution in [2.45, 2.75) is 57.6 Å². The van der Waals surface area contributed by atoms with Gasteiger partial charge in [-0.25, -0.2) is 0 Å². The van der Waals surface area contributed by atoms with E-state index in [1.165, 1.54) is 0 Å². The number of amides is 2. The smallest absolute Gasteiger partial charge is 0.253 e. The second-order valence-corrected chi connectivity index (χ2v) is 9.21. The van der Waals surface area contributed by atoms with E-state index in [0.717, 1.165) is 57.3 Å². The molecular weight excluding hydrogens is 352 g/mol. The van der Waals surface area contributed by atoms with Crippen LogP contribution < -0.4 is 0 Å². The summed E-state index contributed by atoms with van der Waals surface area (Å²) in [7, 11) is 0. The lowest BCUT2D eigenvalue weighted by atomic mass is 9.81. The lowest BCUT2D eigenvalue weighted by Gasteiger charge is -2.48.